The van der Waals surface area contributed by atoms with Crippen LogP contribution in [0.2, 0.25) is 0 Å². The number of thiazole rings is 1. The molecule has 0 atom stereocenters. The minimum absolute atomic E-state index is 0.0929. The molecule has 0 radical (unpaired) electrons. The second-order valence-electron chi connectivity index (χ2n) is 4.04. The van der Waals surface area contributed by atoms with Crippen LogP contribution >= 0.6 is 11.3 Å². The number of para-hydroxylation sites is 1. The molecule has 86 valence electrons. The van der Waals surface area contributed by atoms with Crippen molar-refractivity contribution in [1.82, 2.24) is 9.97 Å². The van der Waals surface area contributed by atoms with Gasteiger partial charge in [0.1, 0.15) is 17.1 Å². The minimum atomic E-state index is -0.0929. The van der Waals surface area contributed by atoms with E-state index in [-0.39, 0.29) is 5.56 Å². The van der Waals surface area contributed by atoms with E-state index in [4.69, 9.17) is 0 Å². The Morgan fingerprint density at radius 3 is 3.00 bits per heavy atom. The van der Waals surface area contributed by atoms with Gasteiger partial charge < -0.3 is 0 Å². The third-order valence-corrected chi connectivity index (χ3v) is 4.02. The predicted molar refractivity (Wildman–Crippen MR) is 70.9 cm³/mol. The Morgan fingerprint density at radius 1 is 1.17 bits per heavy atom. The number of aromatic amines is 1. The molecule has 18 heavy (non-hydrogen) atoms. The van der Waals surface area contributed by atoms with Crippen molar-refractivity contribution in [2.45, 2.75) is 0 Å². The van der Waals surface area contributed by atoms with Crippen LogP contribution in [0, 0.1) is 0 Å². The van der Waals surface area contributed by atoms with Gasteiger partial charge in [-0.05, 0) is 24.3 Å². The zero-order valence-electron chi connectivity index (χ0n) is 9.25. The highest BCUT2D eigenvalue weighted by Gasteiger charge is 2.16. The molecule has 0 spiro atoms. The van der Waals surface area contributed by atoms with Crippen molar-refractivity contribution in [2.24, 2.45) is 0 Å². The molecule has 0 aliphatic heterocycles. The van der Waals surface area contributed by atoms with Crippen LogP contribution in [0.5, 0.6) is 0 Å². The molecule has 0 bridgehead atoms. The molecular weight excluding hydrogens is 246 g/mol. The largest absolute Gasteiger partial charge is 0.319 e. The first-order valence-electron chi connectivity index (χ1n) is 5.55. The molecule has 0 saturated carbocycles. The lowest BCUT2D eigenvalue weighted by Crippen LogP contribution is -2.27. The third kappa shape index (κ3) is 1.16. The highest BCUT2D eigenvalue weighted by atomic mass is 32.1. The molecule has 1 aromatic carbocycles. The predicted octanol–water partition coefficient (Wildman–Crippen LogP) is 1.88. The van der Waals surface area contributed by atoms with Crippen LogP contribution in [-0.2, 0) is 0 Å². The fraction of sp³-hybridized carbons (Fsp3) is 0. The molecule has 0 aliphatic rings. The summed E-state index contributed by atoms with van der Waals surface area (Å²) < 4.78 is 3.13. The van der Waals surface area contributed by atoms with E-state index in [0.717, 1.165) is 15.2 Å². The van der Waals surface area contributed by atoms with E-state index in [1.165, 1.54) is 0 Å². The normalized spacial score (nSPS) is 11.6. The van der Waals surface area contributed by atoms with E-state index >= 15 is 0 Å². The average Bonchev–Trinajstić information content (AvgIpc) is 2.77. The van der Waals surface area contributed by atoms with Crippen LogP contribution in [0.1, 0.15) is 0 Å². The van der Waals surface area contributed by atoms with Gasteiger partial charge in [-0.15, -0.1) is 4.98 Å². The lowest BCUT2D eigenvalue weighted by molar-refractivity contribution is -0.451. The van der Waals surface area contributed by atoms with Crippen LogP contribution in [0.4, 0.5) is 0 Å². The summed E-state index contributed by atoms with van der Waals surface area (Å²) in [5, 5.41) is 0.610. The van der Waals surface area contributed by atoms with Crippen molar-refractivity contribution in [3.05, 3.63) is 52.9 Å². The van der Waals surface area contributed by atoms with Gasteiger partial charge in [0.05, 0.1) is 4.70 Å². The van der Waals surface area contributed by atoms with Gasteiger partial charge in [-0.2, -0.15) is 4.40 Å². The number of nitrogens with zero attached hydrogens (tertiary/aromatic N) is 2. The zero-order valence-corrected chi connectivity index (χ0v) is 10.1. The van der Waals surface area contributed by atoms with Gasteiger partial charge in [0.25, 0.3) is 10.6 Å². The topological polar surface area (TPSA) is 49.9 Å². The quantitative estimate of drug-likeness (QED) is 0.487. The van der Waals surface area contributed by atoms with Crippen LogP contribution in [-0.4, -0.2) is 9.97 Å². The van der Waals surface area contributed by atoms with E-state index in [1.807, 2.05) is 28.7 Å². The van der Waals surface area contributed by atoms with Crippen LogP contribution in [0.3, 0.4) is 0 Å². The highest BCUT2D eigenvalue weighted by Crippen LogP contribution is 2.20. The molecule has 3 aromatic heterocycles. The minimum Gasteiger partial charge on any atom is -0.250 e. The summed E-state index contributed by atoms with van der Waals surface area (Å²) in [6, 6.07) is 11.6. The lowest BCUT2D eigenvalue weighted by atomic mass is 10.3. The van der Waals surface area contributed by atoms with Gasteiger partial charge in [0.15, 0.2) is 0 Å². The molecule has 0 saturated heterocycles. The van der Waals surface area contributed by atoms with Crippen LogP contribution in [0.15, 0.2) is 47.4 Å². The first kappa shape index (κ1) is 9.73. The number of fused-ring (bicyclic) bond motifs is 5. The van der Waals surface area contributed by atoms with Crippen molar-refractivity contribution in [3.8, 4) is 0 Å². The smallest absolute Gasteiger partial charge is 0.250 e. The second-order valence-corrected chi connectivity index (χ2v) is 5.07. The Hall–Kier alpha value is -2.27. The molecule has 3 heterocycles. The number of hydrogen-bond donors (Lipinski definition) is 1. The molecule has 4 nitrogen and oxygen atoms in total. The van der Waals surface area contributed by atoms with Gasteiger partial charge in [-0.1, -0.05) is 23.5 Å². The zero-order chi connectivity index (χ0) is 12.1. The molecule has 0 unspecified atom stereocenters. The summed E-state index contributed by atoms with van der Waals surface area (Å²) in [5.41, 5.74) is 1.68. The molecular formula is C13H8N3OS+. The monoisotopic (exact) mass is 254 g/mol. The molecule has 1 N–H and O–H groups in total. The first-order valence-corrected chi connectivity index (χ1v) is 6.36. The molecule has 0 fully saturated rings. The maximum absolute atomic E-state index is 12.0. The van der Waals surface area contributed by atoms with Gasteiger partial charge in [-0.3, -0.25) is 4.79 Å². The Labute approximate surface area is 105 Å². The van der Waals surface area contributed by atoms with Crippen molar-refractivity contribution in [1.29, 1.82) is 0 Å². The highest BCUT2D eigenvalue weighted by molar-refractivity contribution is 7.22. The van der Waals surface area contributed by atoms with Crippen molar-refractivity contribution in [2.75, 3.05) is 0 Å². The lowest BCUT2D eigenvalue weighted by Gasteiger charge is -1.93. The summed E-state index contributed by atoms with van der Waals surface area (Å²) in [5.74, 6) is 0. The van der Waals surface area contributed by atoms with E-state index in [0.29, 0.717) is 11.0 Å². The Morgan fingerprint density at radius 2 is 2.06 bits per heavy atom. The van der Waals surface area contributed by atoms with Crippen molar-refractivity contribution >= 4 is 37.5 Å². The van der Waals surface area contributed by atoms with Crippen molar-refractivity contribution in [3.63, 3.8) is 0 Å². The van der Waals surface area contributed by atoms with Gasteiger partial charge in [0, 0.05) is 0 Å². The number of pyridine rings is 1. The maximum Gasteiger partial charge on any atom is 0.319 e. The molecule has 4 rings (SSSR count). The summed E-state index contributed by atoms with van der Waals surface area (Å²) in [7, 11) is 0. The third-order valence-electron chi connectivity index (χ3n) is 2.98. The standard InChI is InChI=1S/C13H7N3OS/c17-12-8-4-3-7-14-11(8)16-9-5-1-2-6-10(9)18-13(16)15-12/h1-7H/p+1. The van der Waals surface area contributed by atoms with Gasteiger partial charge in [0.2, 0.25) is 0 Å². The Bertz CT molecular complexity index is 955. The summed E-state index contributed by atoms with van der Waals surface area (Å²) >= 11 is 1.56. The second kappa shape index (κ2) is 3.36. The number of nitrogens with one attached hydrogen (secondary N) is 1. The van der Waals surface area contributed by atoms with E-state index in [1.54, 1.807) is 29.7 Å². The van der Waals surface area contributed by atoms with E-state index in [2.05, 4.69) is 9.97 Å². The van der Waals surface area contributed by atoms with Crippen LogP contribution < -0.4 is 9.96 Å². The Kier molecular flexibility index (Phi) is 1.82. The average molecular weight is 254 g/mol. The summed E-state index contributed by atoms with van der Waals surface area (Å²) in [4.78, 5) is 20.0. The fourth-order valence-corrected chi connectivity index (χ4v) is 3.23. The molecule has 0 amide bonds. The number of benzene rings is 1. The van der Waals surface area contributed by atoms with Crippen molar-refractivity contribution < 1.29 is 4.40 Å². The van der Waals surface area contributed by atoms with Gasteiger partial charge >= 0.3 is 5.56 Å². The summed E-state index contributed by atoms with van der Waals surface area (Å²) in [6.07, 6.45) is 1.71. The van der Waals surface area contributed by atoms with Crippen LogP contribution in [0.25, 0.3) is 26.2 Å². The summed E-state index contributed by atoms with van der Waals surface area (Å²) in [6.45, 7) is 0. The number of aromatic nitrogens is 3. The number of H-pyrrole nitrogens is 1. The SMILES string of the molecule is O=c1[nH]c2sc3ccccc3[n+]2c2ncccc12. The molecule has 4 aromatic rings. The number of rotatable bonds is 0. The van der Waals surface area contributed by atoms with Gasteiger partial charge in [-0.25, -0.2) is 4.98 Å². The van der Waals surface area contributed by atoms with E-state index in [9.17, 15) is 4.79 Å². The Balaban J connectivity index is 2.43. The maximum atomic E-state index is 12.0. The molecule has 0 aliphatic carbocycles. The number of hydrogen-bond acceptors (Lipinski definition) is 3. The first-order chi connectivity index (χ1) is 8.84. The molecule has 5 heteroatoms. The van der Waals surface area contributed by atoms with E-state index < -0.39 is 0 Å². The fourth-order valence-electron chi connectivity index (χ4n) is 2.20.